The van der Waals surface area contributed by atoms with Gasteiger partial charge in [-0.15, -0.1) is 0 Å². The molecule has 1 aromatic carbocycles. The summed E-state index contributed by atoms with van der Waals surface area (Å²) in [6.07, 6.45) is 0.837. The molecule has 0 bridgehead atoms. The minimum atomic E-state index is -0.874. The lowest BCUT2D eigenvalue weighted by atomic mass is 10.2. The molecule has 7 nitrogen and oxygen atoms in total. The molecule has 0 spiro atoms. The quantitative estimate of drug-likeness (QED) is 0.493. The van der Waals surface area contributed by atoms with Gasteiger partial charge in [-0.05, 0) is 39.3 Å². The number of nitrogens with one attached hydrogen (secondary N) is 1. The van der Waals surface area contributed by atoms with Crippen LogP contribution in [0.1, 0.15) is 40.0 Å². The summed E-state index contributed by atoms with van der Waals surface area (Å²) in [6, 6.07) is 5.25. The van der Waals surface area contributed by atoms with Crippen molar-refractivity contribution in [2.24, 2.45) is 0 Å². The van der Waals surface area contributed by atoms with Crippen molar-refractivity contribution < 1.29 is 28.9 Å². The molecule has 0 atom stereocenters. The lowest BCUT2D eigenvalue weighted by Gasteiger charge is -2.19. The van der Waals surface area contributed by atoms with Gasteiger partial charge in [0.25, 0.3) is 0 Å². The summed E-state index contributed by atoms with van der Waals surface area (Å²) < 4.78 is 16.1. The van der Waals surface area contributed by atoms with Crippen molar-refractivity contribution in [1.29, 1.82) is 0 Å². The average Bonchev–Trinajstić information content (AvgIpc) is 2.50. The van der Waals surface area contributed by atoms with Gasteiger partial charge in [-0.25, -0.2) is 0 Å². The Morgan fingerprint density at radius 2 is 1.92 bits per heavy atom. The number of rotatable bonds is 10. The molecule has 0 radical (unpaired) electrons. The fourth-order valence-electron chi connectivity index (χ4n) is 2.02. The van der Waals surface area contributed by atoms with Crippen molar-refractivity contribution in [1.82, 2.24) is 0 Å². The molecule has 0 saturated heterocycles. The smallest absolute Gasteiger partial charge is 0.306 e. The van der Waals surface area contributed by atoms with Gasteiger partial charge >= 0.3 is 11.9 Å². The van der Waals surface area contributed by atoms with E-state index in [1.807, 2.05) is 20.8 Å². The third kappa shape index (κ3) is 8.83. The van der Waals surface area contributed by atoms with Crippen LogP contribution in [0.5, 0.6) is 11.5 Å². The molecular formula is C18H27NO6. The molecule has 7 heteroatoms. The number of aliphatic carboxylic acids is 1. The summed E-state index contributed by atoms with van der Waals surface area (Å²) in [7, 11) is 1.54. The van der Waals surface area contributed by atoms with Gasteiger partial charge in [0, 0.05) is 19.0 Å². The van der Waals surface area contributed by atoms with Crippen LogP contribution in [-0.4, -0.2) is 42.9 Å². The first-order valence-corrected chi connectivity index (χ1v) is 8.19. The lowest BCUT2D eigenvalue weighted by molar-refractivity contribution is -0.155. The number of anilines is 1. The molecule has 0 aliphatic carbocycles. The fourth-order valence-corrected chi connectivity index (χ4v) is 2.02. The second-order valence-corrected chi connectivity index (χ2v) is 6.47. The average molecular weight is 353 g/mol. The Hall–Kier alpha value is -2.44. The van der Waals surface area contributed by atoms with Crippen LogP contribution in [0, 0.1) is 0 Å². The van der Waals surface area contributed by atoms with Crippen molar-refractivity contribution in [3.63, 3.8) is 0 Å². The SMILES string of the molecule is COc1ccc(OCCCC(=O)OC(C)(C)C)cc1NCCC(=O)O. The van der Waals surface area contributed by atoms with Gasteiger partial charge < -0.3 is 24.6 Å². The Morgan fingerprint density at radius 3 is 2.52 bits per heavy atom. The summed E-state index contributed by atoms with van der Waals surface area (Å²) in [6.45, 7) is 6.15. The minimum absolute atomic E-state index is 0.00409. The first-order chi connectivity index (χ1) is 11.7. The minimum Gasteiger partial charge on any atom is -0.495 e. The Balaban J connectivity index is 2.47. The van der Waals surface area contributed by atoms with Crippen LogP contribution >= 0.6 is 0 Å². The molecule has 0 fully saturated rings. The number of methoxy groups -OCH3 is 1. The molecule has 1 rings (SSSR count). The van der Waals surface area contributed by atoms with Gasteiger partial charge in [-0.2, -0.15) is 0 Å². The van der Waals surface area contributed by atoms with Gasteiger partial charge in [-0.1, -0.05) is 0 Å². The maximum absolute atomic E-state index is 11.6. The van der Waals surface area contributed by atoms with Crippen LogP contribution in [-0.2, 0) is 14.3 Å². The largest absolute Gasteiger partial charge is 0.495 e. The maximum Gasteiger partial charge on any atom is 0.306 e. The van der Waals surface area contributed by atoms with E-state index in [-0.39, 0.29) is 25.4 Å². The van der Waals surface area contributed by atoms with Crippen LogP contribution in [0.3, 0.4) is 0 Å². The summed E-state index contributed by atoms with van der Waals surface area (Å²) >= 11 is 0. The second-order valence-electron chi connectivity index (χ2n) is 6.47. The Kier molecular flexibility index (Phi) is 8.04. The van der Waals surface area contributed by atoms with E-state index >= 15 is 0 Å². The van der Waals surface area contributed by atoms with E-state index in [4.69, 9.17) is 19.3 Å². The van der Waals surface area contributed by atoms with E-state index in [0.717, 1.165) is 0 Å². The van der Waals surface area contributed by atoms with Crippen molar-refractivity contribution >= 4 is 17.6 Å². The molecule has 0 amide bonds. The molecule has 0 aliphatic heterocycles. The molecule has 1 aromatic rings. The summed E-state index contributed by atoms with van der Waals surface area (Å²) in [4.78, 5) is 22.2. The molecule has 2 N–H and O–H groups in total. The third-order valence-electron chi connectivity index (χ3n) is 3.04. The first-order valence-electron chi connectivity index (χ1n) is 8.19. The highest BCUT2D eigenvalue weighted by Gasteiger charge is 2.15. The van der Waals surface area contributed by atoms with Crippen LogP contribution in [0.4, 0.5) is 5.69 Å². The number of ether oxygens (including phenoxy) is 3. The highest BCUT2D eigenvalue weighted by atomic mass is 16.6. The fraction of sp³-hybridized carbons (Fsp3) is 0.556. The van der Waals surface area contributed by atoms with Crippen LogP contribution in [0.15, 0.2) is 18.2 Å². The number of hydrogen-bond acceptors (Lipinski definition) is 6. The van der Waals surface area contributed by atoms with Crippen molar-refractivity contribution in [3.05, 3.63) is 18.2 Å². The third-order valence-corrected chi connectivity index (χ3v) is 3.04. The van der Waals surface area contributed by atoms with E-state index < -0.39 is 11.6 Å². The number of hydrogen-bond donors (Lipinski definition) is 2. The normalized spacial score (nSPS) is 10.9. The molecule has 25 heavy (non-hydrogen) atoms. The van der Waals surface area contributed by atoms with E-state index in [0.29, 0.717) is 30.2 Å². The Bertz CT molecular complexity index is 579. The molecular weight excluding hydrogens is 326 g/mol. The van der Waals surface area contributed by atoms with Crippen molar-refractivity contribution in [3.8, 4) is 11.5 Å². The highest BCUT2D eigenvalue weighted by molar-refractivity contribution is 5.69. The van der Waals surface area contributed by atoms with Crippen molar-refractivity contribution in [2.45, 2.75) is 45.6 Å². The number of carbonyl (C=O) groups excluding carboxylic acids is 1. The molecule has 0 unspecified atom stereocenters. The topological polar surface area (TPSA) is 94.1 Å². The number of carboxylic acids is 1. The van der Waals surface area contributed by atoms with Crippen LogP contribution in [0.2, 0.25) is 0 Å². The molecule has 0 saturated carbocycles. The predicted octanol–water partition coefficient (Wildman–Crippen LogP) is 3.08. The zero-order chi connectivity index (χ0) is 18.9. The van der Waals surface area contributed by atoms with Gasteiger partial charge in [0.15, 0.2) is 0 Å². The Morgan fingerprint density at radius 1 is 1.20 bits per heavy atom. The van der Waals surface area contributed by atoms with Gasteiger partial charge in [0.05, 0.1) is 25.8 Å². The highest BCUT2D eigenvalue weighted by Crippen LogP contribution is 2.29. The molecule has 0 heterocycles. The number of benzene rings is 1. The molecule has 0 aliphatic rings. The first kappa shape index (κ1) is 20.6. The Labute approximate surface area is 148 Å². The van der Waals surface area contributed by atoms with Gasteiger partial charge in [-0.3, -0.25) is 9.59 Å². The van der Waals surface area contributed by atoms with E-state index in [2.05, 4.69) is 5.32 Å². The summed E-state index contributed by atoms with van der Waals surface area (Å²) in [5.41, 5.74) is 0.179. The second kappa shape index (κ2) is 9.76. The summed E-state index contributed by atoms with van der Waals surface area (Å²) in [5.74, 6) is 0.0946. The van der Waals surface area contributed by atoms with E-state index in [1.54, 1.807) is 25.3 Å². The standard InChI is InChI=1S/C18H27NO6/c1-18(2,3)25-17(22)6-5-11-24-13-7-8-15(23-4)14(12-13)19-10-9-16(20)21/h7-8,12,19H,5-6,9-11H2,1-4H3,(H,20,21). The van der Waals surface area contributed by atoms with Crippen molar-refractivity contribution in [2.75, 3.05) is 25.6 Å². The number of esters is 1. The molecule has 0 aromatic heterocycles. The molecule has 140 valence electrons. The van der Waals surface area contributed by atoms with Crippen LogP contribution < -0.4 is 14.8 Å². The number of carboxylic acid groups (broad SMARTS) is 1. The predicted molar refractivity (Wildman–Crippen MR) is 94.3 cm³/mol. The van der Waals surface area contributed by atoms with E-state index in [1.165, 1.54) is 0 Å². The zero-order valence-electron chi connectivity index (χ0n) is 15.3. The lowest BCUT2D eigenvalue weighted by Crippen LogP contribution is -2.23. The van der Waals surface area contributed by atoms with Gasteiger partial charge in [0.2, 0.25) is 0 Å². The summed E-state index contributed by atoms with van der Waals surface area (Å²) in [5, 5.41) is 11.7. The number of carbonyl (C=O) groups is 2. The maximum atomic E-state index is 11.6. The van der Waals surface area contributed by atoms with E-state index in [9.17, 15) is 9.59 Å². The monoisotopic (exact) mass is 353 g/mol. The zero-order valence-corrected chi connectivity index (χ0v) is 15.3. The van der Waals surface area contributed by atoms with Crippen LogP contribution in [0.25, 0.3) is 0 Å². The van der Waals surface area contributed by atoms with Gasteiger partial charge in [0.1, 0.15) is 17.1 Å².